The van der Waals surface area contributed by atoms with E-state index in [0.717, 1.165) is 23.6 Å². The summed E-state index contributed by atoms with van der Waals surface area (Å²) in [6, 6.07) is 9.53. The number of ether oxygens (including phenoxy) is 1. The van der Waals surface area contributed by atoms with Crippen LogP contribution in [0, 0.1) is 11.8 Å². The Morgan fingerprint density at radius 2 is 2.00 bits per heavy atom. The zero-order valence-corrected chi connectivity index (χ0v) is 13.8. The maximum atomic E-state index is 11.3. The standard InChI is InChI=1S/C18H21N3O3/c1-12-9-14(17(22)23)11-21(10-12)18-19-8-7-16(20-18)13-3-5-15(24-2)6-4-13/h3-8,12,14H,9-11H2,1-2H3,(H,22,23). The largest absolute Gasteiger partial charge is 0.497 e. The van der Waals surface area contributed by atoms with Crippen molar-refractivity contribution in [2.45, 2.75) is 13.3 Å². The molecule has 24 heavy (non-hydrogen) atoms. The van der Waals surface area contributed by atoms with Gasteiger partial charge in [0.25, 0.3) is 0 Å². The van der Waals surface area contributed by atoms with Gasteiger partial charge in [-0.15, -0.1) is 0 Å². The van der Waals surface area contributed by atoms with E-state index in [4.69, 9.17) is 4.74 Å². The molecule has 1 N–H and O–H groups in total. The number of nitrogens with zero attached hydrogens (tertiary/aromatic N) is 3. The van der Waals surface area contributed by atoms with Gasteiger partial charge in [-0.2, -0.15) is 0 Å². The average Bonchev–Trinajstić information content (AvgIpc) is 2.61. The summed E-state index contributed by atoms with van der Waals surface area (Å²) in [7, 11) is 1.63. The molecule has 6 heteroatoms. The van der Waals surface area contributed by atoms with E-state index in [1.807, 2.05) is 35.2 Å². The van der Waals surface area contributed by atoms with E-state index in [1.54, 1.807) is 13.3 Å². The number of carboxylic acids is 1. The Morgan fingerprint density at radius 1 is 1.25 bits per heavy atom. The van der Waals surface area contributed by atoms with E-state index >= 15 is 0 Å². The predicted octanol–water partition coefficient (Wildman–Crippen LogP) is 2.70. The first-order chi connectivity index (χ1) is 11.6. The Labute approximate surface area is 141 Å². The summed E-state index contributed by atoms with van der Waals surface area (Å²) in [5.41, 5.74) is 1.78. The maximum absolute atomic E-state index is 11.3. The van der Waals surface area contributed by atoms with Crippen molar-refractivity contribution in [2.75, 3.05) is 25.1 Å². The van der Waals surface area contributed by atoms with Crippen LogP contribution in [0.15, 0.2) is 36.5 Å². The fourth-order valence-corrected chi connectivity index (χ4v) is 3.12. The number of carboxylic acid groups (broad SMARTS) is 1. The third kappa shape index (κ3) is 3.48. The molecule has 0 saturated carbocycles. The molecule has 6 nitrogen and oxygen atoms in total. The van der Waals surface area contributed by atoms with Crippen molar-refractivity contribution in [3.63, 3.8) is 0 Å². The van der Waals surface area contributed by atoms with E-state index in [1.165, 1.54) is 0 Å². The molecule has 1 aliphatic rings. The quantitative estimate of drug-likeness (QED) is 0.930. The summed E-state index contributed by atoms with van der Waals surface area (Å²) in [6.45, 7) is 3.29. The third-order valence-corrected chi connectivity index (χ3v) is 4.32. The molecule has 1 fully saturated rings. The van der Waals surface area contributed by atoms with Crippen LogP contribution in [0.4, 0.5) is 5.95 Å². The molecular weight excluding hydrogens is 306 g/mol. The second-order valence-corrected chi connectivity index (χ2v) is 6.25. The lowest BCUT2D eigenvalue weighted by molar-refractivity contribution is -0.142. The number of hydrogen-bond acceptors (Lipinski definition) is 5. The molecule has 1 aromatic carbocycles. The van der Waals surface area contributed by atoms with Gasteiger partial charge >= 0.3 is 5.97 Å². The molecule has 126 valence electrons. The zero-order chi connectivity index (χ0) is 17.1. The minimum Gasteiger partial charge on any atom is -0.497 e. The van der Waals surface area contributed by atoms with Crippen LogP contribution in [0.25, 0.3) is 11.3 Å². The van der Waals surface area contributed by atoms with E-state index < -0.39 is 5.97 Å². The second-order valence-electron chi connectivity index (χ2n) is 6.25. The summed E-state index contributed by atoms with van der Waals surface area (Å²) in [5, 5.41) is 9.32. The first kappa shape index (κ1) is 16.2. The summed E-state index contributed by atoms with van der Waals surface area (Å²) in [6.07, 6.45) is 2.42. The third-order valence-electron chi connectivity index (χ3n) is 4.32. The molecule has 0 aliphatic carbocycles. The van der Waals surface area contributed by atoms with Gasteiger partial charge in [-0.1, -0.05) is 6.92 Å². The molecule has 0 amide bonds. The highest BCUT2D eigenvalue weighted by atomic mass is 16.5. The van der Waals surface area contributed by atoms with E-state index in [0.29, 0.717) is 24.8 Å². The van der Waals surface area contributed by atoms with Crippen LogP contribution in [0.3, 0.4) is 0 Å². The predicted molar refractivity (Wildman–Crippen MR) is 91.1 cm³/mol. The summed E-state index contributed by atoms with van der Waals surface area (Å²) < 4.78 is 5.17. The number of anilines is 1. The number of methoxy groups -OCH3 is 1. The van der Waals surface area contributed by atoms with Gasteiger partial charge < -0.3 is 14.7 Å². The molecule has 2 heterocycles. The number of aromatic nitrogens is 2. The SMILES string of the molecule is COc1ccc(-c2ccnc(N3CC(C)CC(C(=O)O)C3)n2)cc1. The van der Waals surface area contributed by atoms with Gasteiger partial charge in [0, 0.05) is 24.8 Å². The molecule has 2 aromatic rings. The number of hydrogen-bond donors (Lipinski definition) is 1. The van der Waals surface area contributed by atoms with E-state index in [2.05, 4.69) is 16.9 Å². The van der Waals surface area contributed by atoms with Crippen LogP contribution in [-0.4, -0.2) is 41.2 Å². The Bertz CT molecular complexity index is 718. The van der Waals surface area contributed by atoms with Crippen molar-refractivity contribution in [2.24, 2.45) is 11.8 Å². The normalized spacial score (nSPS) is 20.7. The molecule has 1 aromatic heterocycles. The van der Waals surface area contributed by atoms with Gasteiger partial charge in [0.2, 0.25) is 5.95 Å². The van der Waals surface area contributed by atoms with Crippen LogP contribution in [0.2, 0.25) is 0 Å². The number of carbonyl (C=O) groups is 1. The lowest BCUT2D eigenvalue weighted by atomic mass is 9.91. The molecule has 0 spiro atoms. The summed E-state index contributed by atoms with van der Waals surface area (Å²) in [5.74, 6) is 0.552. The number of piperidine rings is 1. The number of aliphatic carboxylic acids is 1. The van der Waals surface area contributed by atoms with Gasteiger partial charge in [0.05, 0.1) is 18.7 Å². The van der Waals surface area contributed by atoms with Crippen LogP contribution in [0.5, 0.6) is 5.75 Å². The second kappa shape index (κ2) is 6.86. The van der Waals surface area contributed by atoms with E-state index in [-0.39, 0.29) is 5.92 Å². The van der Waals surface area contributed by atoms with E-state index in [9.17, 15) is 9.90 Å². The molecule has 0 bridgehead atoms. The van der Waals surface area contributed by atoms with Crippen molar-refractivity contribution in [3.05, 3.63) is 36.5 Å². The van der Waals surface area contributed by atoms with Crippen LogP contribution in [0.1, 0.15) is 13.3 Å². The Morgan fingerprint density at radius 3 is 2.67 bits per heavy atom. The minimum atomic E-state index is -0.752. The lowest BCUT2D eigenvalue weighted by Gasteiger charge is -2.34. The number of benzene rings is 1. The highest BCUT2D eigenvalue weighted by Crippen LogP contribution is 2.26. The Balaban J connectivity index is 1.85. The first-order valence-electron chi connectivity index (χ1n) is 8.02. The van der Waals surface area contributed by atoms with Gasteiger partial charge in [0.15, 0.2) is 0 Å². The highest BCUT2D eigenvalue weighted by Gasteiger charge is 2.30. The van der Waals surface area contributed by atoms with Gasteiger partial charge in [0.1, 0.15) is 5.75 Å². The maximum Gasteiger partial charge on any atom is 0.308 e. The monoisotopic (exact) mass is 327 g/mol. The number of rotatable bonds is 4. The molecule has 1 aliphatic heterocycles. The topological polar surface area (TPSA) is 75.5 Å². The van der Waals surface area contributed by atoms with Crippen LogP contribution in [-0.2, 0) is 4.79 Å². The molecule has 3 rings (SSSR count). The molecule has 2 unspecified atom stereocenters. The zero-order valence-electron chi connectivity index (χ0n) is 13.8. The van der Waals surface area contributed by atoms with Crippen LogP contribution < -0.4 is 9.64 Å². The lowest BCUT2D eigenvalue weighted by Crippen LogP contribution is -2.43. The Kier molecular flexibility index (Phi) is 4.64. The average molecular weight is 327 g/mol. The Hall–Kier alpha value is -2.63. The minimum absolute atomic E-state index is 0.299. The smallest absolute Gasteiger partial charge is 0.308 e. The molecule has 2 atom stereocenters. The summed E-state index contributed by atoms with van der Waals surface area (Å²) >= 11 is 0. The van der Waals surface area contributed by atoms with Crippen molar-refractivity contribution >= 4 is 11.9 Å². The van der Waals surface area contributed by atoms with Crippen molar-refractivity contribution in [1.82, 2.24) is 9.97 Å². The van der Waals surface area contributed by atoms with Crippen LogP contribution >= 0.6 is 0 Å². The van der Waals surface area contributed by atoms with Gasteiger partial charge in [-0.05, 0) is 42.7 Å². The molecule has 0 radical (unpaired) electrons. The fraction of sp³-hybridized carbons (Fsp3) is 0.389. The highest BCUT2D eigenvalue weighted by molar-refractivity contribution is 5.71. The first-order valence-corrected chi connectivity index (χ1v) is 8.02. The molecule has 1 saturated heterocycles. The summed E-state index contributed by atoms with van der Waals surface area (Å²) in [4.78, 5) is 22.3. The molecular formula is C18H21N3O3. The van der Waals surface area contributed by atoms with Gasteiger partial charge in [-0.25, -0.2) is 9.97 Å². The fourth-order valence-electron chi connectivity index (χ4n) is 3.12. The van der Waals surface area contributed by atoms with Crippen molar-refractivity contribution in [1.29, 1.82) is 0 Å². The van der Waals surface area contributed by atoms with Crippen molar-refractivity contribution in [3.8, 4) is 17.0 Å². The van der Waals surface area contributed by atoms with Crippen molar-refractivity contribution < 1.29 is 14.6 Å². The van der Waals surface area contributed by atoms with Gasteiger partial charge in [-0.3, -0.25) is 4.79 Å².